The van der Waals surface area contributed by atoms with Crippen LogP contribution in [-0.4, -0.2) is 35.3 Å². The first-order valence-corrected chi connectivity index (χ1v) is 8.40. The van der Waals surface area contributed by atoms with Crippen molar-refractivity contribution in [1.82, 2.24) is 5.32 Å². The SMILES string of the molecule is O=C(NC1=NC(C(F)(F)F)(C(F)(F)F)C(=C(F)C(F)(F)F)S1)Nc1ccc(Cl)cc1. The second-order valence-corrected chi connectivity index (χ2v) is 6.89. The van der Waals surface area contributed by atoms with Crippen LogP contribution in [0, 0.1) is 0 Å². The Morgan fingerprint density at radius 1 is 0.933 bits per heavy atom. The predicted octanol–water partition coefficient (Wildman–Crippen LogP) is 6.17. The molecule has 4 nitrogen and oxygen atoms in total. The molecule has 1 aliphatic heterocycles. The average Bonchev–Trinajstić information content (AvgIpc) is 2.95. The van der Waals surface area contributed by atoms with E-state index in [9.17, 15) is 48.7 Å². The molecule has 0 bridgehead atoms. The minimum Gasteiger partial charge on any atom is -0.308 e. The summed E-state index contributed by atoms with van der Waals surface area (Å²) in [5.41, 5.74) is -5.57. The van der Waals surface area contributed by atoms with Crippen molar-refractivity contribution >= 4 is 40.2 Å². The first kappa shape index (κ1) is 24.1. The number of thioether (sulfide) groups is 1. The standard InChI is InChI=1S/C14H6ClF10N3OS/c15-5-1-3-6(4-2-5)26-9(29)27-10-28-11(13(20,21)22,14(23,24)25)8(30-10)7(16)12(17,18)19/h1-4H,(H2,26,27,28,29). The number of carbonyl (C=O) groups excluding carboxylic acids is 1. The molecule has 2 rings (SSSR count). The molecule has 0 aliphatic carbocycles. The van der Waals surface area contributed by atoms with Crippen LogP contribution in [0.15, 0.2) is 40.0 Å². The first-order valence-electron chi connectivity index (χ1n) is 7.21. The average molecular weight is 490 g/mol. The van der Waals surface area contributed by atoms with Crippen molar-refractivity contribution in [3.05, 3.63) is 40.0 Å². The van der Waals surface area contributed by atoms with Gasteiger partial charge in [0.1, 0.15) is 0 Å². The van der Waals surface area contributed by atoms with Gasteiger partial charge >= 0.3 is 24.6 Å². The van der Waals surface area contributed by atoms with E-state index in [1.165, 1.54) is 29.6 Å². The van der Waals surface area contributed by atoms with Gasteiger partial charge in [0.25, 0.3) is 5.54 Å². The fourth-order valence-corrected chi connectivity index (χ4v) is 3.40. The van der Waals surface area contributed by atoms with Crippen molar-refractivity contribution in [3.8, 4) is 0 Å². The van der Waals surface area contributed by atoms with Gasteiger partial charge in [-0.15, -0.1) is 0 Å². The Labute approximate surface area is 169 Å². The summed E-state index contributed by atoms with van der Waals surface area (Å²) >= 11 is 4.64. The van der Waals surface area contributed by atoms with E-state index in [2.05, 4.69) is 4.99 Å². The van der Waals surface area contributed by atoms with E-state index < -0.39 is 57.8 Å². The maximum absolute atomic E-state index is 13.6. The number of allylic oxidation sites excluding steroid dienone is 1. The molecule has 0 fully saturated rings. The van der Waals surface area contributed by atoms with Gasteiger partial charge < -0.3 is 5.32 Å². The van der Waals surface area contributed by atoms with Crippen LogP contribution in [0.1, 0.15) is 0 Å². The summed E-state index contributed by atoms with van der Waals surface area (Å²) in [4.78, 5) is 11.2. The summed E-state index contributed by atoms with van der Waals surface area (Å²) in [5, 5.41) is 2.10. The van der Waals surface area contributed by atoms with Crippen LogP contribution in [0.3, 0.4) is 0 Å². The van der Waals surface area contributed by atoms with Crippen molar-refractivity contribution in [2.45, 2.75) is 24.1 Å². The zero-order valence-electron chi connectivity index (χ0n) is 13.7. The third-order valence-electron chi connectivity index (χ3n) is 3.39. The quantitative estimate of drug-likeness (QED) is 0.464. The van der Waals surface area contributed by atoms with Crippen molar-refractivity contribution in [1.29, 1.82) is 0 Å². The van der Waals surface area contributed by atoms with Gasteiger partial charge in [0, 0.05) is 10.7 Å². The Morgan fingerprint density at radius 3 is 1.87 bits per heavy atom. The van der Waals surface area contributed by atoms with E-state index in [1.807, 2.05) is 5.32 Å². The molecule has 16 heteroatoms. The molecule has 0 spiro atoms. The molecular formula is C14H6ClF10N3OS. The number of hydrogen-bond donors (Lipinski definition) is 2. The highest BCUT2D eigenvalue weighted by Gasteiger charge is 2.77. The zero-order valence-corrected chi connectivity index (χ0v) is 15.3. The molecule has 1 heterocycles. The van der Waals surface area contributed by atoms with Crippen LogP contribution in [-0.2, 0) is 0 Å². The van der Waals surface area contributed by atoms with Gasteiger partial charge in [0.15, 0.2) is 5.17 Å². The van der Waals surface area contributed by atoms with Gasteiger partial charge in [-0.2, -0.15) is 39.5 Å². The maximum Gasteiger partial charge on any atom is 0.443 e. The van der Waals surface area contributed by atoms with Gasteiger partial charge in [0.2, 0.25) is 5.83 Å². The molecule has 0 saturated heterocycles. The third-order valence-corrected chi connectivity index (χ3v) is 4.71. The maximum atomic E-state index is 13.6. The minimum atomic E-state index is -6.51. The number of urea groups is 1. The predicted molar refractivity (Wildman–Crippen MR) is 87.7 cm³/mol. The summed E-state index contributed by atoms with van der Waals surface area (Å²) in [6.07, 6.45) is -19.2. The Balaban J connectivity index is 2.47. The lowest BCUT2D eigenvalue weighted by Gasteiger charge is -2.31. The molecular weight excluding hydrogens is 484 g/mol. The fourth-order valence-electron chi connectivity index (χ4n) is 2.12. The number of rotatable bonds is 1. The molecule has 0 unspecified atom stereocenters. The molecule has 0 radical (unpaired) electrons. The smallest absolute Gasteiger partial charge is 0.308 e. The van der Waals surface area contributed by atoms with E-state index in [0.29, 0.717) is 0 Å². The van der Waals surface area contributed by atoms with Crippen molar-refractivity contribution in [3.63, 3.8) is 0 Å². The number of benzene rings is 1. The second-order valence-electron chi connectivity index (χ2n) is 5.45. The van der Waals surface area contributed by atoms with E-state index >= 15 is 0 Å². The van der Waals surface area contributed by atoms with Gasteiger partial charge in [-0.1, -0.05) is 23.4 Å². The number of aliphatic imine (C=N–C) groups is 1. The molecule has 1 aliphatic rings. The number of nitrogens with one attached hydrogen (secondary N) is 2. The molecule has 1 aromatic carbocycles. The van der Waals surface area contributed by atoms with Crippen molar-refractivity contribution < 1.29 is 48.7 Å². The highest BCUT2D eigenvalue weighted by atomic mass is 35.5. The molecule has 0 atom stereocenters. The van der Waals surface area contributed by atoms with Crippen molar-refractivity contribution in [2.75, 3.05) is 5.32 Å². The topological polar surface area (TPSA) is 53.5 Å². The molecule has 30 heavy (non-hydrogen) atoms. The van der Waals surface area contributed by atoms with E-state index in [0.717, 1.165) is 0 Å². The summed E-state index contributed by atoms with van der Waals surface area (Å²) in [5.74, 6) is -3.64. The monoisotopic (exact) mass is 489 g/mol. The lowest BCUT2D eigenvalue weighted by molar-refractivity contribution is -0.280. The Morgan fingerprint density at radius 2 is 1.43 bits per heavy atom. The Bertz CT molecular complexity index is 875. The first-order chi connectivity index (χ1) is 13.5. The van der Waals surface area contributed by atoms with E-state index in [1.54, 1.807) is 0 Å². The Hall–Kier alpha value is -2.16. The number of halogens is 11. The summed E-state index contributed by atoms with van der Waals surface area (Å²) in [6, 6.07) is 3.51. The highest BCUT2D eigenvalue weighted by Crippen LogP contribution is 2.59. The van der Waals surface area contributed by atoms with Crippen LogP contribution in [0.2, 0.25) is 5.02 Å². The summed E-state index contributed by atoms with van der Waals surface area (Å²) in [6.45, 7) is 0. The van der Waals surface area contributed by atoms with E-state index in [4.69, 9.17) is 11.6 Å². The normalized spacial score (nSPS) is 18.7. The van der Waals surface area contributed by atoms with Crippen LogP contribution in [0.4, 0.5) is 54.4 Å². The number of anilines is 1. The Kier molecular flexibility index (Phi) is 6.29. The number of amides is 2. The minimum absolute atomic E-state index is 0.0179. The number of amidine groups is 1. The number of hydrogen-bond acceptors (Lipinski definition) is 3. The fraction of sp³-hybridized carbons (Fsp3) is 0.286. The van der Waals surface area contributed by atoms with E-state index in [-0.39, 0.29) is 10.7 Å². The molecule has 0 saturated carbocycles. The van der Waals surface area contributed by atoms with Crippen LogP contribution in [0.5, 0.6) is 0 Å². The van der Waals surface area contributed by atoms with Crippen LogP contribution in [0.25, 0.3) is 0 Å². The molecule has 2 amide bonds. The zero-order chi connectivity index (χ0) is 23.1. The molecule has 166 valence electrons. The molecule has 2 N–H and O–H groups in total. The van der Waals surface area contributed by atoms with Gasteiger partial charge in [-0.25, -0.2) is 14.2 Å². The second kappa shape index (κ2) is 7.83. The largest absolute Gasteiger partial charge is 0.443 e. The van der Waals surface area contributed by atoms with Crippen LogP contribution < -0.4 is 10.6 Å². The van der Waals surface area contributed by atoms with Gasteiger partial charge in [-0.3, -0.25) is 5.32 Å². The van der Waals surface area contributed by atoms with Crippen LogP contribution >= 0.6 is 23.4 Å². The van der Waals surface area contributed by atoms with Gasteiger partial charge in [0.05, 0.1) is 4.91 Å². The molecule has 0 aromatic heterocycles. The van der Waals surface area contributed by atoms with Gasteiger partial charge in [-0.05, 0) is 24.3 Å². The van der Waals surface area contributed by atoms with Crippen molar-refractivity contribution in [2.24, 2.45) is 4.99 Å². The lowest BCUT2D eigenvalue weighted by atomic mass is 9.97. The number of nitrogens with zero attached hydrogens (tertiary/aromatic N) is 1. The summed E-state index contributed by atoms with van der Waals surface area (Å²) < 4.78 is 131. The molecule has 1 aromatic rings. The number of carbonyl (C=O) groups is 1. The lowest BCUT2D eigenvalue weighted by Crippen LogP contribution is -2.55. The summed E-state index contributed by atoms with van der Waals surface area (Å²) in [7, 11) is 0. The third kappa shape index (κ3) is 4.61. The highest BCUT2D eigenvalue weighted by molar-refractivity contribution is 8.17. The number of alkyl halides is 9.